The number of nitrogens with zero attached hydrogens (tertiary/aromatic N) is 2. The van der Waals surface area contributed by atoms with Crippen LogP contribution in [0.5, 0.6) is 0 Å². The summed E-state index contributed by atoms with van der Waals surface area (Å²) in [7, 11) is 0. The third-order valence-corrected chi connectivity index (χ3v) is 1.83. The van der Waals surface area contributed by atoms with Crippen molar-refractivity contribution < 1.29 is 19.1 Å². The highest BCUT2D eigenvalue weighted by molar-refractivity contribution is 5.78. The highest BCUT2D eigenvalue weighted by Crippen LogP contribution is 1.96. The molecule has 0 aliphatic heterocycles. The second-order valence-corrected chi connectivity index (χ2v) is 3.55. The van der Waals surface area contributed by atoms with Gasteiger partial charge in [0.25, 0.3) is 0 Å². The zero-order valence-electron chi connectivity index (χ0n) is 11.1. The summed E-state index contributed by atoms with van der Waals surface area (Å²) in [4.78, 5) is 29.7. The monoisotopic (exact) mass is 288 g/mol. The smallest absolute Gasteiger partial charge is 0.306 e. The highest BCUT2D eigenvalue weighted by Gasteiger charge is 2.08. The van der Waals surface area contributed by atoms with E-state index in [4.69, 9.17) is 32.4 Å². The molecule has 0 unspecified atom stereocenters. The molecule has 0 heterocycles. The lowest BCUT2D eigenvalue weighted by Gasteiger charge is -2.04. The number of hydrogen-bond donors (Lipinski definition) is 4. The molecular weight excluding hydrogens is 268 g/mol. The van der Waals surface area contributed by atoms with Crippen LogP contribution >= 0.6 is 0 Å². The Morgan fingerprint density at radius 3 is 1.40 bits per heavy atom. The molecule has 114 valence electrons. The Balaban J connectivity index is 3.61. The van der Waals surface area contributed by atoms with Crippen LogP contribution in [0.2, 0.25) is 0 Å². The number of esters is 2. The largest absolute Gasteiger partial charge is 0.464 e. The van der Waals surface area contributed by atoms with Gasteiger partial charge < -0.3 is 32.4 Å². The Hall–Kier alpha value is -2.52. The normalized spacial score (nSPS) is 9.40. The second kappa shape index (κ2) is 10.4. The van der Waals surface area contributed by atoms with E-state index in [-0.39, 0.29) is 51.1 Å². The van der Waals surface area contributed by atoms with E-state index in [1.165, 1.54) is 0 Å². The van der Waals surface area contributed by atoms with E-state index in [1.807, 2.05) is 0 Å². The zero-order chi connectivity index (χ0) is 15.4. The van der Waals surface area contributed by atoms with Crippen molar-refractivity contribution in [3.8, 4) is 0 Å². The Morgan fingerprint density at radius 2 is 1.10 bits per heavy atom. The first kappa shape index (κ1) is 17.5. The molecule has 20 heavy (non-hydrogen) atoms. The van der Waals surface area contributed by atoms with Gasteiger partial charge in [0.05, 0.1) is 25.9 Å². The van der Waals surface area contributed by atoms with Crippen LogP contribution in [0.3, 0.4) is 0 Å². The van der Waals surface area contributed by atoms with Crippen molar-refractivity contribution in [3.05, 3.63) is 0 Å². The molecule has 0 radical (unpaired) electrons. The lowest BCUT2D eigenvalue weighted by Crippen LogP contribution is -2.24. The molecule has 0 aromatic carbocycles. The van der Waals surface area contributed by atoms with Gasteiger partial charge in [0.2, 0.25) is 0 Å². The van der Waals surface area contributed by atoms with E-state index in [0.29, 0.717) is 0 Å². The number of hydrogen-bond acceptors (Lipinski definition) is 6. The van der Waals surface area contributed by atoms with Crippen LogP contribution in [0, 0.1) is 0 Å². The molecule has 0 saturated heterocycles. The number of nitrogens with two attached hydrogens (primary N) is 4. The molecule has 0 bridgehead atoms. The molecule has 0 amide bonds. The molecule has 0 spiro atoms. The zero-order valence-corrected chi connectivity index (χ0v) is 11.1. The number of aliphatic imine (C=N–C) groups is 2. The highest BCUT2D eigenvalue weighted by atomic mass is 16.5. The molecule has 0 aromatic rings. The van der Waals surface area contributed by atoms with Gasteiger partial charge in [-0.2, -0.15) is 0 Å². The number of carbonyl (C=O) groups is 2. The van der Waals surface area contributed by atoms with Gasteiger partial charge in [0.1, 0.15) is 13.2 Å². The Labute approximate surface area is 116 Å². The van der Waals surface area contributed by atoms with Gasteiger partial charge >= 0.3 is 11.9 Å². The predicted octanol–water partition coefficient (Wildman–Crippen LogP) is -2.60. The van der Waals surface area contributed by atoms with Crippen molar-refractivity contribution in [2.75, 3.05) is 26.3 Å². The molecule has 0 aliphatic carbocycles. The first-order valence-corrected chi connectivity index (χ1v) is 5.84. The molecule has 0 saturated carbocycles. The van der Waals surface area contributed by atoms with Gasteiger partial charge in [-0.1, -0.05) is 0 Å². The van der Waals surface area contributed by atoms with Gasteiger partial charge in [-0.3, -0.25) is 19.6 Å². The van der Waals surface area contributed by atoms with Crippen molar-refractivity contribution in [2.24, 2.45) is 32.9 Å². The predicted molar refractivity (Wildman–Crippen MR) is 72.5 cm³/mol. The first-order valence-electron chi connectivity index (χ1n) is 5.84. The summed E-state index contributed by atoms with van der Waals surface area (Å²) in [6.45, 7) is 0.459. The summed E-state index contributed by atoms with van der Waals surface area (Å²) in [6, 6.07) is 0. The van der Waals surface area contributed by atoms with Crippen LogP contribution in [-0.2, 0) is 19.1 Å². The van der Waals surface area contributed by atoms with Crippen LogP contribution in [0.25, 0.3) is 0 Å². The number of carbonyl (C=O) groups excluding carboxylic acids is 2. The van der Waals surface area contributed by atoms with Crippen molar-refractivity contribution in [2.45, 2.75) is 12.8 Å². The minimum atomic E-state index is -0.531. The number of rotatable bonds is 9. The maximum absolute atomic E-state index is 11.2. The number of guanidine groups is 2. The maximum Gasteiger partial charge on any atom is 0.306 e. The van der Waals surface area contributed by atoms with Crippen LogP contribution in [0.1, 0.15) is 12.8 Å². The molecule has 10 heteroatoms. The quantitative estimate of drug-likeness (QED) is 0.154. The SMILES string of the molecule is NC(N)=NCCOC(=O)CCC(=O)OCCN=C(N)N. The van der Waals surface area contributed by atoms with Gasteiger partial charge in [-0.25, -0.2) is 0 Å². The molecule has 10 nitrogen and oxygen atoms in total. The molecule has 0 aromatic heterocycles. The van der Waals surface area contributed by atoms with Crippen molar-refractivity contribution in [1.29, 1.82) is 0 Å². The molecular formula is C10H20N6O4. The van der Waals surface area contributed by atoms with Gasteiger partial charge in [0, 0.05) is 0 Å². The fourth-order valence-corrected chi connectivity index (χ4v) is 1.02. The third-order valence-electron chi connectivity index (χ3n) is 1.83. The van der Waals surface area contributed by atoms with Gasteiger partial charge in [0.15, 0.2) is 11.9 Å². The van der Waals surface area contributed by atoms with Crippen molar-refractivity contribution in [1.82, 2.24) is 0 Å². The van der Waals surface area contributed by atoms with E-state index in [0.717, 1.165) is 0 Å². The van der Waals surface area contributed by atoms with Crippen LogP contribution in [-0.4, -0.2) is 50.2 Å². The number of ether oxygens (including phenoxy) is 2. The molecule has 0 rings (SSSR count). The van der Waals surface area contributed by atoms with Crippen LogP contribution in [0.15, 0.2) is 9.98 Å². The summed E-state index contributed by atoms with van der Waals surface area (Å²) < 4.78 is 9.56. The minimum absolute atomic E-state index is 0.0519. The van der Waals surface area contributed by atoms with E-state index in [1.54, 1.807) is 0 Å². The summed E-state index contributed by atoms with van der Waals surface area (Å²) in [5, 5.41) is 0. The average Bonchev–Trinajstić information content (AvgIpc) is 2.37. The second-order valence-electron chi connectivity index (χ2n) is 3.55. The van der Waals surface area contributed by atoms with Crippen molar-refractivity contribution >= 4 is 23.9 Å². The lowest BCUT2D eigenvalue weighted by molar-refractivity contribution is -0.150. The van der Waals surface area contributed by atoms with E-state index in [9.17, 15) is 9.59 Å². The van der Waals surface area contributed by atoms with E-state index >= 15 is 0 Å². The average molecular weight is 288 g/mol. The van der Waals surface area contributed by atoms with Crippen LogP contribution in [0.4, 0.5) is 0 Å². The Kier molecular flexibility index (Phi) is 9.10. The fourth-order valence-electron chi connectivity index (χ4n) is 1.02. The molecule has 0 aliphatic rings. The summed E-state index contributed by atoms with van der Waals surface area (Å²) in [5.74, 6) is -1.22. The maximum atomic E-state index is 11.2. The molecule has 0 fully saturated rings. The fraction of sp³-hybridized carbons (Fsp3) is 0.600. The minimum Gasteiger partial charge on any atom is -0.464 e. The lowest BCUT2D eigenvalue weighted by atomic mass is 10.3. The Bertz CT molecular complexity index is 338. The van der Waals surface area contributed by atoms with Crippen LogP contribution < -0.4 is 22.9 Å². The topological polar surface area (TPSA) is 181 Å². The standard InChI is InChI=1S/C10H20N6O4/c11-9(12)15-3-5-19-7(17)1-2-8(18)20-6-4-16-10(13)14/h1-6H2,(H4,11,12,15)(H4,13,14,16). The first-order chi connectivity index (χ1) is 9.41. The van der Waals surface area contributed by atoms with Crippen molar-refractivity contribution in [3.63, 3.8) is 0 Å². The Morgan fingerprint density at radius 1 is 0.750 bits per heavy atom. The summed E-state index contributed by atoms with van der Waals surface area (Å²) in [6.07, 6.45) is -0.161. The molecule has 8 N–H and O–H groups in total. The summed E-state index contributed by atoms with van der Waals surface area (Å²) >= 11 is 0. The van der Waals surface area contributed by atoms with E-state index in [2.05, 4.69) is 9.98 Å². The molecule has 0 atom stereocenters. The summed E-state index contributed by atoms with van der Waals surface area (Å²) in [5.41, 5.74) is 20.3. The van der Waals surface area contributed by atoms with E-state index < -0.39 is 11.9 Å². The van der Waals surface area contributed by atoms with Gasteiger partial charge in [-0.15, -0.1) is 0 Å². The third kappa shape index (κ3) is 12.0. The van der Waals surface area contributed by atoms with Gasteiger partial charge in [-0.05, 0) is 0 Å².